The maximum atomic E-state index is 14.4. The van der Waals surface area contributed by atoms with E-state index in [1.165, 1.54) is 23.6 Å². The van der Waals surface area contributed by atoms with E-state index in [1.54, 1.807) is 32.6 Å². The molecule has 2 heterocycles. The maximum absolute atomic E-state index is 14.4. The molecule has 1 aromatic rings. The number of halogens is 3. The van der Waals surface area contributed by atoms with Crippen LogP contribution in [0.1, 0.15) is 76.7 Å². The molecule has 0 bridgehead atoms. The van der Waals surface area contributed by atoms with Gasteiger partial charge in [-0.15, -0.1) is 0 Å². The van der Waals surface area contributed by atoms with Crippen molar-refractivity contribution in [2.75, 3.05) is 31.1 Å². The fraction of sp³-hybridized carbons (Fsp3) is 0.643. The molecule has 0 spiro atoms. The summed E-state index contributed by atoms with van der Waals surface area (Å²) in [5, 5.41) is 2.66. The van der Waals surface area contributed by atoms with Crippen molar-refractivity contribution in [3.05, 3.63) is 23.3 Å². The molecule has 0 aromatic heterocycles. The van der Waals surface area contributed by atoms with E-state index in [0.717, 1.165) is 12.1 Å². The van der Waals surface area contributed by atoms with Crippen LogP contribution in [-0.2, 0) is 20.6 Å². The van der Waals surface area contributed by atoms with E-state index in [2.05, 4.69) is 5.32 Å². The van der Waals surface area contributed by atoms with Gasteiger partial charge < -0.3 is 30.5 Å². The molecule has 1 fully saturated rings. The Hall–Kier alpha value is -3.35. The average molecular weight is 584 g/mol. The van der Waals surface area contributed by atoms with E-state index in [1.807, 2.05) is 0 Å². The van der Waals surface area contributed by atoms with E-state index in [0.29, 0.717) is 19.4 Å². The summed E-state index contributed by atoms with van der Waals surface area (Å²) in [6.45, 7) is 10.1. The zero-order valence-corrected chi connectivity index (χ0v) is 24.4. The highest BCUT2D eigenvalue weighted by Gasteiger charge is 2.45. The number of amides is 4. The molecule has 3 N–H and O–H groups in total. The first-order chi connectivity index (χ1) is 19.0. The number of nitrogens with zero attached hydrogens (tertiary/aromatic N) is 3. The van der Waals surface area contributed by atoms with Crippen LogP contribution in [0.4, 0.5) is 18.9 Å². The predicted molar refractivity (Wildman–Crippen MR) is 146 cm³/mol. The second-order valence-corrected chi connectivity index (χ2v) is 11.3. The van der Waals surface area contributed by atoms with Crippen molar-refractivity contribution in [1.82, 2.24) is 15.1 Å². The lowest BCUT2D eigenvalue weighted by atomic mass is 9.96. The number of piperidine rings is 1. The number of hydrogen-bond acceptors (Lipinski definition) is 6. The Morgan fingerprint density at radius 2 is 1.88 bits per heavy atom. The Balaban J connectivity index is 2.08. The third-order valence-corrected chi connectivity index (χ3v) is 7.31. The predicted octanol–water partition coefficient (Wildman–Crippen LogP) is 2.92. The lowest BCUT2D eigenvalue weighted by molar-refractivity contribution is -0.138. The number of ether oxygens (including phenoxy) is 1. The smallest absolute Gasteiger partial charge is 0.417 e. The van der Waals surface area contributed by atoms with Gasteiger partial charge in [0.15, 0.2) is 5.60 Å². The van der Waals surface area contributed by atoms with Gasteiger partial charge in [-0.1, -0.05) is 6.92 Å². The average Bonchev–Trinajstić information content (AvgIpc) is 2.88. The van der Waals surface area contributed by atoms with Crippen molar-refractivity contribution >= 4 is 29.3 Å². The molecule has 228 valence electrons. The summed E-state index contributed by atoms with van der Waals surface area (Å²) in [5.41, 5.74) is 2.50. The summed E-state index contributed by atoms with van der Waals surface area (Å²) in [6.07, 6.45) is -3.62. The minimum Gasteiger partial charge on any atom is -0.476 e. The first kappa shape index (κ1) is 32.2. The van der Waals surface area contributed by atoms with Crippen LogP contribution in [0.5, 0.6) is 5.75 Å². The standard InChI is InChI=1S/C28H40F3N5O5/c1-7-23(37)33-10-12-35-21-13-19(20(28(29,30)31)14-22(21)41-27(5,6)26(35)40)25(39)36(16(2)3)18-9-8-11-34(15-18)24(38)17(4)32/h13-14,16-18H,7-12,15,32H2,1-6H3,(H,33,37)/t17-,18+/m0/s1. The monoisotopic (exact) mass is 583 g/mol. The molecule has 1 saturated heterocycles. The number of carbonyl (C=O) groups excluding carboxylic acids is 4. The molecule has 41 heavy (non-hydrogen) atoms. The van der Waals surface area contributed by atoms with Crippen molar-refractivity contribution in [2.45, 2.75) is 90.7 Å². The molecule has 13 heteroatoms. The summed E-state index contributed by atoms with van der Waals surface area (Å²) < 4.78 is 49.0. The number of nitrogens with one attached hydrogen (secondary N) is 1. The van der Waals surface area contributed by atoms with Crippen LogP contribution in [0, 0.1) is 0 Å². The molecule has 0 aliphatic carbocycles. The highest BCUT2D eigenvalue weighted by molar-refractivity contribution is 6.05. The molecule has 2 aliphatic heterocycles. The van der Waals surface area contributed by atoms with Crippen molar-refractivity contribution in [2.24, 2.45) is 5.73 Å². The molecule has 0 unspecified atom stereocenters. The number of likely N-dealkylation sites (tertiary alicyclic amines) is 1. The van der Waals surface area contributed by atoms with E-state index >= 15 is 0 Å². The summed E-state index contributed by atoms with van der Waals surface area (Å²) in [7, 11) is 0. The Morgan fingerprint density at radius 3 is 2.44 bits per heavy atom. The number of alkyl halides is 3. The molecule has 1 aromatic carbocycles. The van der Waals surface area contributed by atoms with Gasteiger partial charge in [0.05, 0.1) is 22.9 Å². The summed E-state index contributed by atoms with van der Waals surface area (Å²) in [5.74, 6) is -2.12. The summed E-state index contributed by atoms with van der Waals surface area (Å²) in [6, 6.07) is 0.0441. The Labute approximate surface area is 238 Å². The normalized spacial score (nSPS) is 19.4. The van der Waals surface area contributed by atoms with Gasteiger partial charge in [0.2, 0.25) is 11.8 Å². The Morgan fingerprint density at radius 1 is 1.22 bits per heavy atom. The largest absolute Gasteiger partial charge is 0.476 e. The van der Waals surface area contributed by atoms with Crippen molar-refractivity contribution < 1.29 is 37.1 Å². The van der Waals surface area contributed by atoms with E-state index in [-0.39, 0.29) is 49.3 Å². The fourth-order valence-electron chi connectivity index (χ4n) is 5.31. The molecular formula is C28H40F3N5O5. The van der Waals surface area contributed by atoms with Crippen LogP contribution in [0.25, 0.3) is 0 Å². The Kier molecular flexibility index (Phi) is 9.62. The SMILES string of the molecule is CCC(=O)NCCN1C(=O)C(C)(C)Oc2cc(C(F)(F)F)c(C(=O)N(C(C)C)[C@@H]3CCCN(C(=O)[C@H](C)N)C3)cc21. The topological polar surface area (TPSA) is 125 Å². The quantitative estimate of drug-likeness (QED) is 0.485. The zero-order valence-electron chi connectivity index (χ0n) is 24.4. The zero-order chi connectivity index (χ0) is 30.9. The van der Waals surface area contributed by atoms with Gasteiger partial charge in [0.25, 0.3) is 11.8 Å². The highest BCUT2D eigenvalue weighted by atomic mass is 19.4. The van der Waals surface area contributed by atoms with Crippen LogP contribution in [0.15, 0.2) is 12.1 Å². The molecule has 10 nitrogen and oxygen atoms in total. The maximum Gasteiger partial charge on any atom is 0.417 e. The minimum absolute atomic E-state index is 0.0116. The van der Waals surface area contributed by atoms with Crippen LogP contribution in [-0.4, -0.2) is 83.3 Å². The second kappa shape index (κ2) is 12.3. The molecule has 3 rings (SSSR count). The number of fused-ring (bicyclic) bond motifs is 1. The number of hydrogen-bond donors (Lipinski definition) is 2. The molecule has 2 atom stereocenters. The third-order valence-electron chi connectivity index (χ3n) is 7.31. The van der Waals surface area contributed by atoms with Gasteiger partial charge in [-0.25, -0.2) is 0 Å². The number of nitrogens with two attached hydrogens (primary N) is 1. The molecule has 0 radical (unpaired) electrons. The van der Waals surface area contributed by atoms with Gasteiger partial charge in [0, 0.05) is 44.7 Å². The van der Waals surface area contributed by atoms with Gasteiger partial charge >= 0.3 is 6.18 Å². The molecular weight excluding hydrogens is 543 g/mol. The van der Waals surface area contributed by atoms with E-state index < -0.39 is 52.8 Å². The van der Waals surface area contributed by atoms with Crippen molar-refractivity contribution in [3.63, 3.8) is 0 Å². The van der Waals surface area contributed by atoms with Crippen LogP contribution < -0.4 is 20.7 Å². The van der Waals surface area contributed by atoms with E-state index in [4.69, 9.17) is 10.5 Å². The Bertz CT molecular complexity index is 1180. The second-order valence-electron chi connectivity index (χ2n) is 11.3. The minimum atomic E-state index is -4.90. The fourth-order valence-corrected chi connectivity index (χ4v) is 5.31. The number of anilines is 1. The first-order valence-electron chi connectivity index (χ1n) is 13.9. The number of carbonyl (C=O) groups is 4. The van der Waals surface area contributed by atoms with Crippen LogP contribution >= 0.6 is 0 Å². The molecule has 2 aliphatic rings. The lowest BCUT2D eigenvalue weighted by Gasteiger charge is -2.42. The number of benzene rings is 1. The van der Waals surface area contributed by atoms with Gasteiger partial charge in [-0.2, -0.15) is 13.2 Å². The van der Waals surface area contributed by atoms with Crippen LogP contribution in [0.2, 0.25) is 0 Å². The van der Waals surface area contributed by atoms with Gasteiger partial charge in [0.1, 0.15) is 5.75 Å². The van der Waals surface area contributed by atoms with Crippen LogP contribution in [0.3, 0.4) is 0 Å². The first-order valence-corrected chi connectivity index (χ1v) is 13.9. The number of rotatable bonds is 8. The van der Waals surface area contributed by atoms with Crippen molar-refractivity contribution in [3.8, 4) is 5.75 Å². The van der Waals surface area contributed by atoms with Crippen molar-refractivity contribution in [1.29, 1.82) is 0 Å². The third kappa shape index (κ3) is 6.94. The molecule has 4 amide bonds. The lowest BCUT2D eigenvalue weighted by Crippen LogP contribution is -2.56. The van der Waals surface area contributed by atoms with Gasteiger partial charge in [-0.05, 0) is 59.6 Å². The summed E-state index contributed by atoms with van der Waals surface area (Å²) >= 11 is 0. The summed E-state index contributed by atoms with van der Waals surface area (Å²) in [4.78, 5) is 55.8. The van der Waals surface area contributed by atoms with Gasteiger partial charge in [-0.3, -0.25) is 19.2 Å². The van der Waals surface area contributed by atoms with E-state index in [9.17, 15) is 32.3 Å². The highest BCUT2D eigenvalue weighted by Crippen LogP contribution is 2.44. The molecule has 0 saturated carbocycles.